The minimum absolute atomic E-state index is 0.0751. The summed E-state index contributed by atoms with van der Waals surface area (Å²) in [4.78, 5) is 27.4. The third kappa shape index (κ3) is 1.95. The van der Waals surface area contributed by atoms with E-state index >= 15 is 0 Å². The number of carbonyl (C=O) groups is 2. The van der Waals surface area contributed by atoms with Crippen LogP contribution in [0.3, 0.4) is 0 Å². The van der Waals surface area contributed by atoms with Gasteiger partial charge in [-0.2, -0.15) is 0 Å². The highest BCUT2D eigenvalue weighted by Crippen LogP contribution is 2.41. The van der Waals surface area contributed by atoms with E-state index < -0.39 is 5.97 Å². The fourth-order valence-corrected chi connectivity index (χ4v) is 2.86. The van der Waals surface area contributed by atoms with E-state index in [4.69, 9.17) is 9.47 Å². The average molecular weight is 277 g/mol. The molecule has 2 aliphatic heterocycles. The topological polar surface area (TPSA) is 89.0 Å². The Labute approximate surface area is 115 Å². The predicted octanol–water partition coefficient (Wildman–Crippen LogP) is 0.0149. The SMILES string of the molecule is COC1=C(OC(C)=O)CC2C(=C1)NC1N=CNC(=O)C12. The Bertz CT molecular complexity index is 564. The van der Waals surface area contributed by atoms with E-state index in [0.29, 0.717) is 17.9 Å². The van der Waals surface area contributed by atoms with Gasteiger partial charge in [-0.3, -0.25) is 9.59 Å². The number of allylic oxidation sites excluding steroid dienone is 3. The number of hydrogen-bond donors (Lipinski definition) is 2. The summed E-state index contributed by atoms with van der Waals surface area (Å²) in [6.45, 7) is 1.34. The van der Waals surface area contributed by atoms with Crippen LogP contribution in [-0.4, -0.2) is 31.5 Å². The van der Waals surface area contributed by atoms with Crippen molar-refractivity contribution in [2.45, 2.75) is 19.5 Å². The average Bonchev–Trinajstić information content (AvgIpc) is 2.75. The largest absolute Gasteiger partial charge is 0.493 e. The molecule has 106 valence electrons. The first-order valence-electron chi connectivity index (χ1n) is 6.36. The predicted molar refractivity (Wildman–Crippen MR) is 69.0 cm³/mol. The molecule has 3 rings (SSSR count). The summed E-state index contributed by atoms with van der Waals surface area (Å²) in [7, 11) is 1.52. The molecule has 3 aliphatic rings. The van der Waals surface area contributed by atoms with Crippen LogP contribution >= 0.6 is 0 Å². The zero-order valence-corrected chi connectivity index (χ0v) is 11.2. The van der Waals surface area contributed by atoms with Crippen molar-refractivity contribution in [1.29, 1.82) is 0 Å². The van der Waals surface area contributed by atoms with Crippen molar-refractivity contribution in [3.8, 4) is 0 Å². The molecular weight excluding hydrogens is 262 g/mol. The molecule has 2 N–H and O–H groups in total. The van der Waals surface area contributed by atoms with Gasteiger partial charge < -0.3 is 20.1 Å². The van der Waals surface area contributed by atoms with Crippen LogP contribution < -0.4 is 10.6 Å². The highest BCUT2D eigenvalue weighted by molar-refractivity contribution is 5.92. The summed E-state index contributed by atoms with van der Waals surface area (Å²) in [5.41, 5.74) is 0.891. The number of hydrogen-bond acceptors (Lipinski definition) is 6. The van der Waals surface area contributed by atoms with Gasteiger partial charge in [0.05, 0.1) is 19.4 Å². The van der Waals surface area contributed by atoms with Crippen LogP contribution in [0.5, 0.6) is 0 Å². The lowest BCUT2D eigenvalue weighted by molar-refractivity contribution is -0.137. The van der Waals surface area contributed by atoms with Crippen LogP contribution in [0.25, 0.3) is 0 Å². The normalized spacial score (nSPS) is 30.8. The van der Waals surface area contributed by atoms with Gasteiger partial charge in [-0.25, -0.2) is 4.99 Å². The molecule has 20 heavy (non-hydrogen) atoms. The first kappa shape index (κ1) is 12.7. The first-order chi connectivity index (χ1) is 9.60. The first-order valence-corrected chi connectivity index (χ1v) is 6.36. The van der Waals surface area contributed by atoms with Gasteiger partial charge in [-0.15, -0.1) is 0 Å². The third-order valence-corrected chi connectivity index (χ3v) is 3.69. The van der Waals surface area contributed by atoms with Crippen LogP contribution in [0.1, 0.15) is 13.3 Å². The van der Waals surface area contributed by atoms with Gasteiger partial charge in [0.25, 0.3) is 0 Å². The fraction of sp³-hybridized carbons (Fsp3) is 0.462. The quantitative estimate of drug-likeness (QED) is 0.694. The minimum Gasteiger partial charge on any atom is -0.493 e. The van der Waals surface area contributed by atoms with Gasteiger partial charge in [0.2, 0.25) is 5.91 Å². The molecule has 0 aromatic heterocycles. The lowest BCUT2D eigenvalue weighted by Gasteiger charge is -2.25. The van der Waals surface area contributed by atoms with Gasteiger partial charge >= 0.3 is 5.97 Å². The van der Waals surface area contributed by atoms with Crippen molar-refractivity contribution in [3.05, 3.63) is 23.3 Å². The molecule has 0 bridgehead atoms. The van der Waals surface area contributed by atoms with Crippen molar-refractivity contribution in [2.24, 2.45) is 16.8 Å². The number of amides is 1. The number of methoxy groups -OCH3 is 1. The fourth-order valence-electron chi connectivity index (χ4n) is 2.86. The number of carbonyl (C=O) groups excluding carboxylic acids is 2. The molecule has 1 amide bonds. The van der Waals surface area contributed by atoms with Gasteiger partial charge in [-0.1, -0.05) is 0 Å². The van der Waals surface area contributed by atoms with Crippen molar-refractivity contribution >= 4 is 18.2 Å². The van der Waals surface area contributed by atoms with Gasteiger partial charge in [0.1, 0.15) is 6.17 Å². The van der Waals surface area contributed by atoms with Crippen LogP contribution in [0.4, 0.5) is 0 Å². The number of ether oxygens (including phenoxy) is 2. The van der Waals surface area contributed by atoms with E-state index in [0.717, 1.165) is 5.70 Å². The maximum Gasteiger partial charge on any atom is 0.307 e. The Morgan fingerprint density at radius 1 is 1.50 bits per heavy atom. The van der Waals surface area contributed by atoms with Crippen molar-refractivity contribution in [3.63, 3.8) is 0 Å². The minimum atomic E-state index is -0.403. The van der Waals surface area contributed by atoms with E-state index in [1.807, 2.05) is 0 Å². The molecule has 0 saturated carbocycles. The smallest absolute Gasteiger partial charge is 0.307 e. The Hall–Kier alpha value is -2.31. The summed E-state index contributed by atoms with van der Waals surface area (Å²) in [6.07, 6.45) is 3.35. The molecule has 7 nitrogen and oxygen atoms in total. The van der Waals surface area contributed by atoms with Crippen LogP contribution in [0.2, 0.25) is 0 Å². The highest BCUT2D eigenvalue weighted by atomic mass is 16.6. The number of nitrogens with zero attached hydrogens (tertiary/aromatic N) is 1. The van der Waals surface area contributed by atoms with Crippen molar-refractivity contribution < 1.29 is 19.1 Å². The molecule has 0 aromatic rings. The molecule has 3 atom stereocenters. The molecule has 1 fully saturated rings. The maximum absolute atomic E-state index is 12.0. The Kier molecular flexibility index (Phi) is 2.96. The molecule has 1 saturated heterocycles. The summed E-state index contributed by atoms with van der Waals surface area (Å²) in [5, 5.41) is 5.83. The summed E-state index contributed by atoms with van der Waals surface area (Å²) in [6, 6.07) is 0. The number of fused-ring (bicyclic) bond motifs is 3. The Morgan fingerprint density at radius 3 is 3.00 bits per heavy atom. The number of nitrogens with one attached hydrogen (secondary N) is 2. The van der Waals surface area contributed by atoms with E-state index in [9.17, 15) is 9.59 Å². The lowest BCUT2D eigenvalue weighted by Crippen LogP contribution is -2.43. The van der Waals surface area contributed by atoms with Gasteiger partial charge in [0.15, 0.2) is 11.5 Å². The van der Waals surface area contributed by atoms with Crippen LogP contribution in [-0.2, 0) is 19.1 Å². The van der Waals surface area contributed by atoms with Crippen LogP contribution in [0, 0.1) is 11.8 Å². The monoisotopic (exact) mass is 277 g/mol. The second kappa shape index (κ2) is 4.66. The van der Waals surface area contributed by atoms with Crippen LogP contribution in [0.15, 0.2) is 28.3 Å². The third-order valence-electron chi connectivity index (χ3n) is 3.69. The molecule has 0 spiro atoms. The van der Waals surface area contributed by atoms with Gasteiger partial charge in [0, 0.05) is 31.0 Å². The zero-order valence-electron chi connectivity index (χ0n) is 11.2. The second-order valence-corrected chi connectivity index (χ2v) is 4.90. The van der Waals surface area contributed by atoms with E-state index in [1.165, 1.54) is 20.4 Å². The molecule has 7 heteroatoms. The van der Waals surface area contributed by atoms with E-state index in [-0.39, 0.29) is 23.9 Å². The zero-order chi connectivity index (χ0) is 14.3. The van der Waals surface area contributed by atoms with E-state index in [1.54, 1.807) is 6.08 Å². The van der Waals surface area contributed by atoms with Crippen molar-refractivity contribution in [2.75, 3.05) is 7.11 Å². The summed E-state index contributed by atoms with van der Waals surface area (Å²) < 4.78 is 10.4. The molecule has 0 radical (unpaired) electrons. The molecule has 1 aliphatic carbocycles. The lowest BCUT2D eigenvalue weighted by atomic mass is 9.84. The molecular formula is C13H15N3O4. The molecule has 2 heterocycles. The standard InChI is InChI=1S/C13H15N3O4/c1-6(17)20-10-3-7-8(4-9(10)19-2)16-12-11(7)13(18)15-5-14-12/h4-5,7,11-12,16H,3H2,1-2H3,(H,14,15,18). The van der Waals surface area contributed by atoms with Gasteiger partial charge in [-0.05, 0) is 0 Å². The highest BCUT2D eigenvalue weighted by Gasteiger charge is 2.47. The summed E-state index contributed by atoms with van der Waals surface area (Å²) in [5.74, 6) is 0.107. The van der Waals surface area contributed by atoms with Crippen molar-refractivity contribution in [1.82, 2.24) is 10.6 Å². The second-order valence-electron chi connectivity index (χ2n) is 4.90. The summed E-state index contributed by atoms with van der Waals surface area (Å²) >= 11 is 0. The molecule has 0 aromatic carbocycles. The molecule has 3 unspecified atom stereocenters. The van der Waals surface area contributed by atoms with E-state index in [2.05, 4.69) is 15.6 Å². The Balaban J connectivity index is 1.92. The number of aliphatic imine (C=N–C) groups is 1. The number of esters is 1. The Morgan fingerprint density at radius 2 is 2.30 bits per heavy atom. The number of rotatable bonds is 2. The maximum atomic E-state index is 12.0.